The highest BCUT2D eigenvalue weighted by molar-refractivity contribution is 6.91. The Morgan fingerprint density at radius 1 is 1.26 bits per heavy atom. The van der Waals surface area contributed by atoms with Crippen molar-refractivity contribution in [3.8, 4) is 0 Å². The first kappa shape index (κ1) is 14.1. The number of hydrogen-bond donors (Lipinski definition) is 0. The van der Waals surface area contributed by atoms with E-state index in [0.717, 1.165) is 12.8 Å². The van der Waals surface area contributed by atoms with Gasteiger partial charge in [0.1, 0.15) is 6.10 Å². The molecule has 2 nitrogen and oxygen atoms in total. The van der Waals surface area contributed by atoms with Crippen LogP contribution in [0.3, 0.4) is 0 Å². The van der Waals surface area contributed by atoms with Crippen LogP contribution in [0, 0.1) is 0 Å². The standard InChI is InChI=1S/C16H22O2Si/c1-13(17)18-14-8-7-11-16(12-14)19(2,3)15-9-5-4-6-10-15/h4-7,9-11,14,16H,8,12H2,1-3H3/t14-,16+/m1/s1. The Balaban J connectivity index is 2.15. The van der Waals surface area contributed by atoms with Crippen LogP contribution in [0.1, 0.15) is 19.8 Å². The first-order valence-electron chi connectivity index (χ1n) is 6.89. The van der Waals surface area contributed by atoms with Gasteiger partial charge in [-0.2, -0.15) is 0 Å². The van der Waals surface area contributed by atoms with Gasteiger partial charge in [-0.05, 0) is 12.0 Å². The van der Waals surface area contributed by atoms with Gasteiger partial charge in [0, 0.05) is 13.3 Å². The van der Waals surface area contributed by atoms with Gasteiger partial charge < -0.3 is 4.74 Å². The number of ether oxygens (including phenoxy) is 1. The maximum Gasteiger partial charge on any atom is 0.302 e. The maximum absolute atomic E-state index is 11.1. The molecule has 1 aliphatic carbocycles. The average Bonchev–Trinajstić information content (AvgIpc) is 2.39. The molecule has 2 atom stereocenters. The van der Waals surface area contributed by atoms with Crippen molar-refractivity contribution in [1.29, 1.82) is 0 Å². The van der Waals surface area contributed by atoms with Crippen molar-refractivity contribution in [2.45, 2.75) is 44.5 Å². The zero-order chi connectivity index (χ0) is 13.9. The molecule has 0 fully saturated rings. The van der Waals surface area contributed by atoms with Crippen molar-refractivity contribution in [2.24, 2.45) is 0 Å². The number of allylic oxidation sites excluding steroid dienone is 1. The highest BCUT2D eigenvalue weighted by Crippen LogP contribution is 2.33. The van der Waals surface area contributed by atoms with Crippen LogP contribution in [0.5, 0.6) is 0 Å². The zero-order valence-electron chi connectivity index (χ0n) is 11.9. The van der Waals surface area contributed by atoms with Crippen LogP contribution < -0.4 is 5.19 Å². The summed E-state index contributed by atoms with van der Waals surface area (Å²) in [5, 5.41) is 1.47. The molecule has 0 aliphatic heterocycles. The largest absolute Gasteiger partial charge is 0.462 e. The van der Waals surface area contributed by atoms with Crippen LogP contribution in [0.4, 0.5) is 0 Å². The Morgan fingerprint density at radius 3 is 2.58 bits per heavy atom. The number of rotatable bonds is 3. The normalized spacial score (nSPS) is 23.1. The smallest absolute Gasteiger partial charge is 0.302 e. The molecule has 1 aromatic rings. The Kier molecular flexibility index (Phi) is 4.25. The highest BCUT2D eigenvalue weighted by atomic mass is 28.3. The van der Waals surface area contributed by atoms with E-state index in [4.69, 9.17) is 4.74 Å². The molecule has 0 N–H and O–H groups in total. The number of esters is 1. The fourth-order valence-electron chi connectivity index (χ4n) is 2.80. The van der Waals surface area contributed by atoms with Crippen molar-refractivity contribution in [3.05, 3.63) is 42.5 Å². The Morgan fingerprint density at radius 2 is 1.95 bits per heavy atom. The molecule has 3 heteroatoms. The van der Waals surface area contributed by atoms with Crippen LogP contribution in [-0.2, 0) is 9.53 Å². The molecule has 1 aliphatic rings. The summed E-state index contributed by atoms with van der Waals surface area (Å²) in [5.41, 5.74) is 0.535. The molecule has 0 amide bonds. The van der Waals surface area contributed by atoms with Crippen molar-refractivity contribution >= 4 is 19.2 Å². The van der Waals surface area contributed by atoms with Gasteiger partial charge in [-0.25, -0.2) is 0 Å². The van der Waals surface area contributed by atoms with Crippen molar-refractivity contribution in [2.75, 3.05) is 0 Å². The van der Waals surface area contributed by atoms with Gasteiger partial charge in [0.05, 0.1) is 8.07 Å². The minimum atomic E-state index is -1.55. The number of carbonyl (C=O) groups is 1. The van der Waals surface area contributed by atoms with Gasteiger partial charge in [-0.3, -0.25) is 4.79 Å². The third-order valence-corrected chi connectivity index (χ3v) is 8.17. The quantitative estimate of drug-likeness (QED) is 0.480. The lowest BCUT2D eigenvalue weighted by atomic mass is 10.0. The molecule has 0 spiro atoms. The lowest BCUT2D eigenvalue weighted by molar-refractivity contribution is -0.146. The summed E-state index contributed by atoms with van der Waals surface area (Å²) < 4.78 is 5.38. The van der Waals surface area contributed by atoms with E-state index in [1.165, 1.54) is 12.1 Å². The van der Waals surface area contributed by atoms with Gasteiger partial charge in [-0.1, -0.05) is 60.8 Å². The van der Waals surface area contributed by atoms with Crippen LogP contribution >= 0.6 is 0 Å². The minimum absolute atomic E-state index is 0.0583. The monoisotopic (exact) mass is 274 g/mol. The molecular formula is C16H22O2Si. The van der Waals surface area contributed by atoms with Gasteiger partial charge in [0.2, 0.25) is 0 Å². The molecule has 0 bridgehead atoms. The summed E-state index contributed by atoms with van der Waals surface area (Å²) >= 11 is 0. The molecule has 19 heavy (non-hydrogen) atoms. The molecule has 0 saturated carbocycles. The van der Waals surface area contributed by atoms with Crippen molar-refractivity contribution in [3.63, 3.8) is 0 Å². The Bertz CT molecular complexity index is 465. The summed E-state index contributed by atoms with van der Waals surface area (Å²) in [6, 6.07) is 10.7. The van der Waals surface area contributed by atoms with Gasteiger partial charge in [0.25, 0.3) is 0 Å². The van der Waals surface area contributed by atoms with Crippen LogP contribution in [0.25, 0.3) is 0 Å². The molecule has 0 unspecified atom stereocenters. The number of carbonyl (C=O) groups excluding carboxylic acids is 1. The summed E-state index contributed by atoms with van der Waals surface area (Å²) in [6.07, 6.45) is 6.39. The van der Waals surface area contributed by atoms with Crippen LogP contribution in [0.2, 0.25) is 18.6 Å². The Labute approximate surface area is 116 Å². The van der Waals surface area contributed by atoms with E-state index in [1.807, 2.05) is 0 Å². The molecule has 0 radical (unpaired) electrons. The van der Waals surface area contributed by atoms with E-state index in [9.17, 15) is 4.79 Å². The minimum Gasteiger partial charge on any atom is -0.462 e. The predicted molar refractivity (Wildman–Crippen MR) is 81.2 cm³/mol. The lowest BCUT2D eigenvalue weighted by Gasteiger charge is -2.35. The SMILES string of the molecule is CC(=O)O[C@@H]1CC=C[C@H]([Si](C)(C)c2ccccc2)C1. The van der Waals surface area contributed by atoms with Crippen LogP contribution in [-0.4, -0.2) is 20.1 Å². The van der Waals surface area contributed by atoms with Gasteiger partial charge in [0.15, 0.2) is 0 Å². The summed E-state index contributed by atoms with van der Waals surface area (Å²) in [7, 11) is -1.55. The molecule has 0 aromatic heterocycles. The van der Waals surface area contributed by atoms with E-state index in [-0.39, 0.29) is 12.1 Å². The van der Waals surface area contributed by atoms with Crippen molar-refractivity contribution in [1.82, 2.24) is 0 Å². The lowest BCUT2D eigenvalue weighted by Crippen LogP contribution is -2.47. The molecular weight excluding hydrogens is 252 g/mol. The second-order valence-corrected chi connectivity index (χ2v) is 10.6. The van der Waals surface area contributed by atoms with Gasteiger partial charge in [-0.15, -0.1) is 0 Å². The third kappa shape index (κ3) is 3.35. The summed E-state index contributed by atoms with van der Waals surface area (Å²) in [4.78, 5) is 11.1. The summed E-state index contributed by atoms with van der Waals surface area (Å²) in [5.74, 6) is -0.168. The fourth-order valence-corrected chi connectivity index (χ4v) is 5.75. The topological polar surface area (TPSA) is 26.3 Å². The molecule has 0 saturated heterocycles. The molecule has 2 rings (SSSR count). The second-order valence-electron chi connectivity index (χ2n) is 5.83. The molecule has 0 heterocycles. The van der Waals surface area contributed by atoms with Crippen LogP contribution in [0.15, 0.2) is 42.5 Å². The fraction of sp³-hybridized carbons (Fsp3) is 0.438. The van der Waals surface area contributed by atoms with E-state index in [2.05, 4.69) is 55.6 Å². The van der Waals surface area contributed by atoms with E-state index in [0.29, 0.717) is 5.54 Å². The third-order valence-electron chi connectivity index (χ3n) is 4.06. The van der Waals surface area contributed by atoms with E-state index < -0.39 is 8.07 Å². The van der Waals surface area contributed by atoms with Gasteiger partial charge >= 0.3 is 5.97 Å². The highest BCUT2D eigenvalue weighted by Gasteiger charge is 2.35. The molecule has 102 valence electrons. The van der Waals surface area contributed by atoms with Crippen molar-refractivity contribution < 1.29 is 9.53 Å². The Hall–Kier alpha value is -1.35. The van der Waals surface area contributed by atoms with E-state index in [1.54, 1.807) is 0 Å². The second kappa shape index (κ2) is 5.74. The predicted octanol–water partition coefficient (Wildman–Crippen LogP) is 3.25. The first-order valence-corrected chi connectivity index (χ1v) is 9.97. The molecule has 1 aromatic carbocycles. The maximum atomic E-state index is 11.1. The summed E-state index contributed by atoms with van der Waals surface area (Å²) in [6.45, 7) is 6.29. The first-order chi connectivity index (χ1) is 9.00. The zero-order valence-corrected chi connectivity index (χ0v) is 12.9. The number of hydrogen-bond acceptors (Lipinski definition) is 2. The van der Waals surface area contributed by atoms with E-state index >= 15 is 0 Å². The number of benzene rings is 1. The average molecular weight is 274 g/mol.